The van der Waals surface area contributed by atoms with Crippen LogP contribution >= 0.6 is 22.9 Å². The smallest absolute Gasteiger partial charge is 0.223 e. The maximum Gasteiger partial charge on any atom is 0.223 e. The molecule has 0 saturated heterocycles. The zero-order chi connectivity index (χ0) is 10.1. The molecule has 0 aromatic carbocycles. The van der Waals surface area contributed by atoms with E-state index in [-0.39, 0.29) is 5.91 Å². The van der Waals surface area contributed by atoms with Gasteiger partial charge in [-0.3, -0.25) is 8.32 Å². The maximum atomic E-state index is 11.3. The molecule has 0 aliphatic rings. The van der Waals surface area contributed by atoms with Crippen LogP contribution in [-0.2, 0) is 9.53 Å². The number of amides is 1. The second-order valence-corrected chi connectivity index (χ2v) is 3.56. The number of halogens is 1. The molecule has 0 aromatic rings. The third-order valence-electron chi connectivity index (χ3n) is 1.70. The molecule has 0 fully saturated rings. The molecule has 0 unspecified atom stereocenters. The van der Waals surface area contributed by atoms with Crippen LogP contribution in [0.3, 0.4) is 0 Å². The van der Waals surface area contributed by atoms with Crippen molar-refractivity contribution in [3.63, 3.8) is 0 Å². The first kappa shape index (κ1) is 13.1. The first-order valence-corrected chi connectivity index (χ1v) is 5.36. The Bertz CT molecular complexity index is 144. The van der Waals surface area contributed by atoms with Gasteiger partial charge in [-0.2, -0.15) is 0 Å². The molecule has 0 radical (unpaired) electrons. The predicted molar refractivity (Wildman–Crippen MR) is 60.8 cm³/mol. The number of nitrogens with zero attached hydrogens (tertiary/aromatic N) is 1. The second-order valence-electron chi connectivity index (χ2n) is 2.80. The van der Waals surface area contributed by atoms with Gasteiger partial charge in [-0.25, -0.2) is 0 Å². The Balaban J connectivity index is 3.45. The molecular weight excluding hydrogens is 283 g/mol. The Labute approximate surface area is 93.5 Å². The number of hydrogen-bond donors (Lipinski definition) is 1. The fraction of sp³-hybridized carbons (Fsp3) is 0.875. The standard InChI is InChI=1S/C8H17IN2O2/c1-11(6-3-7-13-2)8(12)4-5-10-9/h10H,3-7H2,1-2H3. The summed E-state index contributed by atoms with van der Waals surface area (Å²) in [5.41, 5.74) is 0. The number of carbonyl (C=O) groups excluding carboxylic acids is 1. The fourth-order valence-electron chi connectivity index (χ4n) is 0.916. The van der Waals surface area contributed by atoms with E-state index in [1.165, 1.54) is 0 Å². The molecule has 0 aliphatic carbocycles. The van der Waals surface area contributed by atoms with Gasteiger partial charge in [0.25, 0.3) is 0 Å². The fourth-order valence-corrected chi connectivity index (χ4v) is 1.19. The monoisotopic (exact) mass is 300 g/mol. The summed E-state index contributed by atoms with van der Waals surface area (Å²) in [5, 5.41) is 0. The molecule has 0 spiro atoms. The van der Waals surface area contributed by atoms with Crippen LogP contribution in [0.4, 0.5) is 0 Å². The molecule has 0 heterocycles. The van der Waals surface area contributed by atoms with Crippen molar-refractivity contribution in [1.29, 1.82) is 0 Å². The highest BCUT2D eigenvalue weighted by atomic mass is 127. The van der Waals surface area contributed by atoms with Crippen LogP contribution < -0.4 is 3.53 Å². The first-order valence-electron chi connectivity index (χ1n) is 4.28. The van der Waals surface area contributed by atoms with Crippen LogP contribution in [-0.4, -0.2) is 44.7 Å². The quantitative estimate of drug-likeness (QED) is 0.430. The van der Waals surface area contributed by atoms with Crippen LogP contribution in [0.25, 0.3) is 0 Å². The molecule has 1 N–H and O–H groups in total. The lowest BCUT2D eigenvalue weighted by molar-refractivity contribution is -0.129. The Hall–Kier alpha value is 0.120. The number of nitrogens with one attached hydrogen (secondary N) is 1. The summed E-state index contributed by atoms with van der Waals surface area (Å²) in [5.74, 6) is 0.181. The van der Waals surface area contributed by atoms with E-state index in [1.807, 2.05) is 29.9 Å². The SMILES string of the molecule is COCCCN(C)C(=O)CCNI. The van der Waals surface area contributed by atoms with Crippen molar-refractivity contribution < 1.29 is 9.53 Å². The van der Waals surface area contributed by atoms with Crippen LogP contribution in [0.15, 0.2) is 0 Å². The number of methoxy groups -OCH3 is 1. The lowest BCUT2D eigenvalue weighted by Gasteiger charge is -2.16. The van der Waals surface area contributed by atoms with Gasteiger partial charge in [0.2, 0.25) is 5.91 Å². The molecule has 5 heteroatoms. The van der Waals surface area contributed by atoms with Crippen molar-refractivity contribution in [2.24, 2.45) is 0 Å². The van der Waals surface area contributed by atoms with Crippen molar-refractivity contribution in [3.05, 3.63) is 0 Å². The van der Waals surface area contributed by atoms with Crippen molar-refractivity contribution in [1.82, 2.24) is 8.43 Å². The van der Waals surface area contributed by atoms with Crippen molar-refractivity contribution in [2.45, 2.75) is 12.8 Å². The topological polar surface area (TPSA) is 41.6 Å². The number of rotatable bonds is 7. The summed E-state index contributed by atoms with van der Waals surface area (Å²) < 4.78 is 7.82. The zero-order valence-electron chi connectivity index (χ0n) is 8.18. The molecule has 78 valence electrons. The lowest BCUT2D eigenvalue weighted by atomic mass is 10.3. The Morgan fingerprint density at radius 1 is 1.62 bits per heavy atom. The third-order valence-corrected chi connectivity index (χ3v) is 2.24. The lowest BCUT2D eigenvalue weighted by Crippen LogP contribution is -2.29. The minimum absolute atomic E-state index is 0.181. The summed E-state index contributed by atoms with van der Waals surface area (Å²) >= 11 is 2.04. The van der Waals surface area contributed by atoms with Crippen LogP contribution in [0, 0.1) is 0 Å². The minimum atomic E-state index is 0.181. The molecule has 0 atom stereocenters. The highest BCUT2D eigenvalue weighted by molar-refractivity contribution is 14.1. The van der Waals surface area contributed by atoms with Gasteiger partial charge in [-0.15, -0.1) is 0 Å². The van der Waals surface area contributed by atoms with Gasteiger partial charge in [0.05, 0.1) is 0 Å². The molecule has 13 heavy (non-hydrogen) atoms. The number of ether oxygens (including phenoxy) is 1. The van der Waals surface area contributed by atoms with E-state index in [2.05, 4.69) is 3.53 Å². The normalized spacial score (nSPS) is 10.1. The van der Waals surface area contributed by atoms with E-state index < -0.39 is 0 Å². The highest BCUT2D eigenvalue weighted by Gasteiger charge is 2.06. The summed E-state index contributed by atoms with van der Waals surface area (Å²) in [4.78, 5) is 13.1. The van der Waals surface area contributed by atoms with Gasteiger partial charge in [0.15, 0.2) is 0 Å². The molecule has 0 rings (SSSR count). The van der Waals surface area contributed by atoms with Crippen molar-refractivity contribution in [3.8, 4) is 0 Å². The molecule has 0 aliphatic heterocycles. The van der Waals surface area contributed by atoms with Gasteiger partial charge in [-0.05, 0) is 6.42 Å². The minimum Gasteiger partial charge on any atom is -0.385 e. The van der Waals surface area contributed by atoms with Crippen molar-refractivity contribution >= 4 is 28.8 Å². The highest BCUT2D eigenvalue weighted by Crippen LogP contribution is 1.93. The summed E-state index contributed by atoms with van der Waals surface area (Å²) in [6, 6.07) is 0. The molecule has 4 nitrogen and oxygen atoms in total. The average Bonchev–Trinajstić information content (AvgIpc) is 2.14. The predicted octanol–water partition coefficient (Wildman–Crippen LogP) is 0.811. The Morgan fingerprint density at radius 2 is 2.31 bits per heavy atom. The summed E-state index contributed by atoms with van der Waals surface area (Å²) in [7, 11) is 3.49. The van der Waals surface area contributed by atoms with Gasteiger partial charge in [0, 0.05) is 63.1 Å². The second kappa shape index (κ2) is 8.71. The molecular formula is C8H17IN2O2. The third kappa shape index (κ3) is 7.21. The van der Waals surface area contributed by atoms with Crippen LogP contribution in [0.5, 0.6) is 0 Å². The van der Waals surface area contributed by atoms with E-state index in [4.69, 9.17) is 4.74 Å². The maximum absolute atomic E-state index is 11.3. The summed E-state index contributed by atoms with van der Waals surface area (Å²) in [6.45, 7) is 2.21. The number of carbonyl (C=O) groups is 1. The molecule has 0 bridgehead atoms. The summed E-state index contributed by atoms with van der Waals surface area (Å²) in [6.07, 6.45) is 1.46. The molecule has 0 aromatic heterocycles. The zero-order valence-corrected chi connectivity index (χ0v) is 10.3. The van der Waals surface area contributed by atoms with Crippen LogP contribution in [0.2, 0.25) is 0 Å². The van der Waals surface area contributed by atoms with E-state index in [9.17, 15) is 4.79 Å². The van der Waals surface area contributed by atoms with Crippen LogP contribution in [0.1, 0.15) is 12.8 Å². The Kier molecular flexibility index (Phi) is 8.79. The van der Waals surface area contributed by atoms with Gasteiger partial charge in [0.1, 0.15) is 0 Å². The van der Waals surface area contributed by atoms with Crippen molar-refractivity contribution in [2.75, 3.05) is 33.9 Å². The molecule has 1 amide bonds. The van der Waals surface area contributed by atoms with Gasteiger partial charge in [-0.1, -0.05) is 0 Å². The van der Waals surface area contributed by atoms with E-state index in [0.717, 1.165) is 19.5 Å². The average molecular weight is 300 g/mol. The number of hydrogen-bond acceptors (Lipinski definition) is 3. The first-order chi connectivity index (χ1) is 6.22. The largest absolute Gasteiger partial charge is 0.385 e. The molecule has 0 saturated carbocycles. The van der Waals surface area contributed by atoms with E-state index in [1.54, 1.807) is 12.0 Å². The van der Waals surface area contributed by atoms with E-state index in [0.29, 0.717) is 13.0 Å². The van der Waals surface area contributed by atoms with Gasteiger partial charge < -0.3 is 9.64 Å². The van der Waals surface area contributed by atoms with Gasteiger partial charge >= 0.3 is 0 Å². The Morgan fingerprint density at radius 3 is 2.85 bits per heavy atom. The van der Waals surface area contributed by atoms with E-state index >= 15 is 0 Å².